The Labute approximate surface area is 135 Å². The maximum Gasteiger partial charge on any atom is 0.326 e. The number of benzene rings is 2. The van der Waals surface area contributed by atoms with Gasteiger partial charge in [0.05, 0.1) is 11.0 Å². The van der Waals surface area contributed by atoms with Crippen LogP contribution in [0.1, 0.15) is 6.42 Å². The zero-order valence-corrected chi connectivity index (χ0v) is 13.8. The third-order valence-corrected chi connectivity index (χ3v) is 4.92. The van der Waals surface area contributed by atoms with Crippen LogP contribution in [0.4, 0.5) is 0 Å². The van der Waals surface area contributed by atoms with Gasteiger partial charge >= 0.3 is 5.69 Å². The highest BCUT2D eigenvalue weighted by molar-refractivity contribution is 9.10. The predicted octanol–water partition coefficient (Wildman–Crippen LogP) is 4.27. The number of hydrogen-bond acceptors (Lipinski definition) is 2. The summed E-state index contributed by atoms with van der Waals surface area (Å²) >= 11 is 5.25. The van der Waals surface area contributed by atoms with Crippen LogP contribution in [0, 0.1) is 0 Å². The van der Waals surface area contributed by atoms with E-state index in [0.29, 0.717) is 0 Å². The van der Waals surface area contributed by atoms with Gasteiger partial charge in [-0.2, -0.15) is 0 Å². The zero-order valence-electron chi connectivity index (χ0n) is 11.4. The summed E-state index contributed by atoms with van der Waals surface area (Å²) in [6.45, 7) is 0.742. The molecule has 1 heterocycles. The van der Waals surface area contributed by atoms with Gasteiger partial charge in [-0.3, -0.25) is 4.57 Å². The van der Waals surface area contributed by atoms with Crippen LogP contribution < -0.4 is 5.69 Å². The largest absolute Gasteiger partial charge is 0.326 e. The molecule has 3 aromatic rings. The molecule has 2 aromatic carbocycles. The minimum absolute atomic E-state index is 0.0233. The van der Waals surface area contributed by atoms with Gasteiger partial charge in [0.25, 0.3) is 0 Å². The van der Waals surface area contributed by atoms with Crippen molar-refractivity contribution in [2.24, 2.45) is 0 Å². The van der Waals surface area contributed by atoms with E-state index in [2.05, 4.69) is 33.0 Å². The first kappa shape index (κ1) is 14.5. The number of fused-ring (bicyclic) bond motifs is 1. The lowest BCUT2D eigenvalue weighted by Gasteiger charge is -2.04. The Hall–Kier alpha value is -1.46. The van der Waals surface area contributed by atoms with E-state index in [1.165, 1.54) is 4.90 Å². The zero-order chi connectivity index (χ0) is 14.7. The Bertz CT molecular complexity index is 792. The Morgan fingerprint density at radius 3 is 2.67 bits per heavy atom. The van der Waals surface area contributed by atoms with Crippen molar-refractivity contribution in [3.8, 4) is 0 Å². The molecule has 0 spiro atoms. The minimum Gasteiger partial charge on any atom is -0.306 e. The number of imidazole rings is 1. The Kier molecular flexibility index (Phi) is 4.51. The number of aromatic nitrogens is 2. The molecule has 0 unspecified atom stereocenters. The van der Waals surface area contributed by atoms with Gasteiger partial charge in [0, 0.05) is 15.9 Å². The smallest absolute Gasteiger partial charge is 0.306 e. The fraction of sp³-hybridized carbons (Fsp3) is 0.188. The third-order valence-electron chi connectivity index (χ3n) is 3.29. The highest BCUT2D eigenvalue weighted by atomic mass is 79.9. The van der Waals surface area contributed by atoms with Crippen LogP contribution in [-0.4, -0.2) is 15.3 Å². The number of rotatable bonds is 5. The van der Waals surface area contributed by atoms with Crippen LogP contribution in [-0.2, 0) is 6.54 Å². The van der Waals surface area contributed by atoms with Crippen molar-refractivity contribution in [2.45, 2.75) is 17.9 Å². The fourth-order valence-corrected chi connectivity index (χ4v) is 3.37. The summed E-state index contributed by atoms with van der Waals surface area (Å²) in [4.78, 5) is 16.1. The van der Waals surface area contributed by atoms with Crippen LogP contribution in [0.3, 0.4) is 0 Å². The van der Waals surface area contributed by atoms with Crippen molar-refractivity contribution < 1.29 is 0 Å². The normalized spacial score (nSPS) is 11.1. The molecule has 0 amide bonds. The number of para-hydroxylation sites is 2. The van der Waals surface area contributed by atoms with Crippen LogP contribution in [0.15, 0.2) is 62.7 Å². The monoisotopic (exact) mass is 362 g/mol. The number of nitrogens with zero attached hydrogens (tertiary/aromatic N) is 1. The lowest BCUT2D eigenvalue weighted by molar-refractivity contribution is 0.679. The van der Waals surface area contributed by atoms with Gasteiger partial charge in [-0.05, 0) is 48.6 Å². The van der Waals surface area contributed by atoms with Crippen molar-refractivity contribution in [3.63, 3.8) is 0 Å². The van der Waals surface area contributed by atoms with E-state index in [-0.39, 0.29) is 5.69 Å². The molecule has 0 atom stereocenters. The van der Waals surface area contributed by atoms with E-state index < -0.39 is 0 Å². The molecule has 5 heteroatoms. The highest BCUT2D eigenvalue weighted by Crippen LogP contribution is 2.21. The number of thioether (sulfide) groups is 1. The molecule has 3 nitrogen and oxygen atoms in total. The number of H-pyrrole nitrogens is 1. The molecule has 0 fully saturated rings. The van der Waals surface area contributed by atoms with E-state index >= 15 is 0 Å². The third kappa shape index (κ3) is 3.41. The van der Waals surface area contributed by atoms with Crippen molar-refractivity contribution >= 4 is 38.7 Å². The van der Waals surface area contributed by atoms with Crippen molar-refractivity contribution in [1.82, 2.24) is 9.55 Å². The summed E-state index contributed by atoms with van der Waals surface area (Å²) in [5.41, 5.74) is 1.86. The predicted molar refractivity (Wildman–Crippen MR) is 92.0 cm³/mol. The molecule has 0 saturated heterocycles. The summed E-state index contributed by atoms with van der Waals surface area (Å²) < 4.78 is 2.91. The lowest BCUT2D eigenvalue weighted by Crippen LogP contribution is -2.17. The van der Waals surface area contributed by atoms with Gasteiger partial charge in [-0.15, -0.1) is 11.8 Å². The summed E-state index contributed by atoms with van der Waals surface area (Å²) in [5.74, 6) is 0.994. The number of hydrogen-bond donors (Lipinski definition) is 1. The molecule has 0 bridgehead atoms. The Morgan fingerprint density at radius 1 is 1.10 bits per heavy atom. The Balaban J connectivity index is 1.61. The maximum absolute atomic E-state index is 11.9. The molecule has 1 N–H and O–H groups in total. The van der Waals surface area contributed by atoms with Gasteiger partial charge in [0.15, 0.2) is 0 Å². The second-order valence-corrected chi connectivity index (χ2v) is 6.84. The van der Waals surface area contributed by atoms with Crippen LogP contribution >= 0.6 is 27.7 Å². The highest BCUT2D eigenvalue weighted by Gasteiger charge is 2.05. The molecule has 0 aliphatic carbocycles. The first-order chi connectivity index (χ1) is 10.2. The van der Waals surface area contributed by atoms with Gasteiger partial charge in [-0.1, -0.05) is 28.1 Å². The van der Waals surface area contributed by atoms with E-state index in [0.717, 1.165) is 34.2 Å². The summed E-state index contributed by atoms with van der Waals surface area (Å²) in [6.07, 6.45) is 0.961. The van der Waals surface area contributed by atoms with Gasteiger partial charge in [0.1, 0.15) is 0 Å². The molecule has 1 aromatic heterocycles. The molecule has 0 aliphatic heterocycles. The van der Waals surface area contributed by atoms with E-state index in [4.69, 9.17) is 0 Å². The SMILES string of the molecule is O=c1[nH]c2ccccc2n1CCCSc1ccc(Br)cc1. The quantitative estimate of drug-likeness (QED) is 0.543. The molecule has 21 heavy (non-hydrogen) atoms. The second kappa shape index (κ2) is 6.54. The molecular weight excluding hydrogens is 348 g/mol. The van der Waals surface area contributed by atoms with Crippen LogP contribution in [0.25, 0.3) is 11.0 Å². The number of aromatic amines is 1. The summed E-state index contributed by atoms with van der Waals surface area (Å²) in [7, 11) is 0. The molecular formula is C16H15BrN2OS. The van der Waals surface area contributed by atoms with Gasteiger partial charge in [-0.25, -0.2) is 4.79 Å². The van der Waals surface area contributed by atoms with Crippen molar-refractivity contribution in [1.29, 1.82) is 0 Å². The van der Waals surface area contributed by atoms with Crippen LogP contribution in [0.5, 0.6) is 0 Å². The summed E-state index contributed by atoms with van der Waals surface area (Å²) in [6, 6.07) is 16.1. The maximum atomic E-state index is 11.9. The van der Waals surface area contributed by atoms with E-state index in [9.17, 15) is 4.79 Å². The first-order valence-corrected chi connectivity index (χ1v) is 8.58. The van der Waals surface area contributed by atoms with Gasteiger partial charge < -0.3 is 4.98 Å². The first-order valence-electron chi connectivity index (χ1n) is 6.80. The molecule has 0 aliphatic rings. The van der Waals surface area contributed by atoms with Crippen LogP contribution in [0.2, 0.25) is 0 Å². The fourth-order valence-electron chi connectivity index (χ4n) is 2.27. The van der Waals surface area contributed by atoms with Crippen molar-refractivity contribution in [3.05, 3.63) is 63.5 Å². The number of halogens is 1. The Morgan fingerprint density at radius 2 is 1.86 bits per heavy atom. The standard InChI is InChI=1S/C16H15BrN2OS/c17-12-6-8-13(9-7-12)21-11-3-10-19-15-5-2-1-4-14(15)18-16(19)20/h1-2,4-9H,3,10-11H2,(H,18,20). The second-order valence-electron chi connectivity index (χ2n) is 4.75. The van der Waals surface area contributed by atoms with E-state index in [1.54, 1.807) is 0 Å². The van der Waals surface area contributed by atoms with Gasteiger partial charge in [0.2, 0.25) is 0 Å². The number of aryl methyl sites for hydroxylation is 1. The average molecular weight is 363 g/mol. The lowest BCUT2D eigenvalue weighted by atomic mass is 10.3. The topological polar surface area (TPSA) is 37.8 Å². The van der Waals surface area contributed by atoms with E-state index in [1.807, 2.05) is 52.7 Å². The average Bonchev–Trinajstić information content (AvgIpc) is 2.81. The minimum atomic E-state index is -0.0233. The molecule has 108 valence electrons. The molecule has 0 saturated carbocycles. The van der Waals surface area contributed by atoms with Crippen molar-refractivity contribution in [2.75, 3.05) is 5.75 Å². The number of nitrogens with one attached hydrogen (secondary N) is 1. The molecule has 3 rings (SSSR count). The molecule has 0 radical (unpaired) electrons. The summed E-state index contributed by atoms with van der Waals surface area (Å²) in [5, 5.41) is 0.